The molecule has 1 unspecified atom stereocenters. The van der Waals surface area contributed by atoms with Gasteiger partial charge in [0, 0.05) is 61.9 Å². The Hall–Kier alpha value is -4.29. The Bertz CT molecular complexity index is 1730. The predicted octanol–water partition coefficient (Wildman–Crippen LogP) is 4.25. The van der Waals surface area contributed by atoms with Gasteiger partial charge >= 0.3 is 11.9 Å². The summed E-state index contributed by atoms with van der Waals surface area (Å²) in [6.45, 7) is 5.25. The van der Waals surface area contributed by atoms with Gasteiger partial charge in [-0.15, -0.1) is 0 Å². The van der Waals surface area contributed by atoms with E-state index in [1.165, 1.54) is 6.92 Å². The maximum absolute atomic E-state index is 14.9. The lowest BCUT2D eigenvalue weighted by Gasteiger charge is -2.37. The monoisotopic (exact) mass is 610 g/mol. The van der Waals surface area contributed by atoms with Gasteiger partial charge in [0.1, 0.15) is 11.5 Å². The summed E-state index contributed by atoms with van der Waals surface area (Å²) in [5.74, 6) is -1.09. The van der Waals surface area contributed by atoms with E-state index in [9.17, 15) is 27.2 Å². The second-order valence-corrected chi connectivity index (χ2v) is 11.1. The van der Waals surface area contributed by atoms with Crippen LogP contribution in [0.25, 0.3) is 0 Å². The number of alkyl halides is 3. The summed E-state index contributed by atoms with van der Waals surface area (Å²) in [5, 5.41) is 0. The van der Waals surface area contributed by atoms with Crippen molar-refractivity contribution >= 4 is 5.69 Å². The van der Waals surface area contributed by atoms with E-state index in [-0.39, 0.29) is 17.9 Å². The SMILES string of the molecule is Cc1ccc(CN2CCN(c3c(C)n(Cc4c(F)cccc4C(F)(F)F)c(=O)n(CC(N)c4ccccc4)c3=O)CC2)cn1. The largest absolute Gasteiger partial charge is 0.416 e. The van der Waals surface area contributed by atoms with Crippen molar-refractivity contribution in [2.45, 2.75) is 45.7 Å². The lowest BCUT2D eigenvalue weighted by atomic mass is 10.1. The normalized spacial score (nSPS) is 15.0. The summed E-state index contributed by atoms with van der Waals surface area (Å²) in [4.78, 5) is 36.2. The standard InChI is InChI=1S/C32H34F4N6O2/c1-21-11-12-23(17-38-21)18-39-13-15-40(16-14-39)29-22(2)41(19-25-26(32(34,35)36)9-6-10-27(25)33)31(44)42(30(29)43)20-28(37)24-7-4-3-5-8-24/h3-12,17,28H,13-16,18-20,37H2,1-2H3. The third kappa shape index (κ3) is 6.61. The smallest absolute Gasteiger partial charge is 0.363 e. The molecule has 1 atom stereocenters. The number of pyridine rings is 1. The fraction of sp³-hybridized carbons (Fsp3) is 0.344. The van der Waals surface area contributed by atoms with Crippen LogP contribution in [0.4, 0.5) is 23.2 Å². The molecule has 3 heterocycles. The minimum Gasteiger partial charge on any atom is -0.363 e. The summed E-state index contributed by atoms with van der Waals surface area (Å²) in [6.07, 6.45) is -3.01. The number of nitrogens with two attached hydrogens (primary N) is 1. The first-order valence-corrected chi connectivity index (χ1v) is 14.3. The van der Waals surface area contributed by atoms with Gasteiger partial charge in [-0.2, -0.15) is 13.2 Å². The van der Waals surface area contributed by atoms with E-state index >= 15 is 0 Å². The van der Waals surface area contributed by atoms with Gasteiger partial charge < -0.3 is 10.6 Å². The van der Waals surface area contributed by atoms with Crippen LogP contribution in [-0.4, -0.2) is 45.2 Å². The number of hydrogen-bond acceptors (Lipinski definition) is 6. The molecule has 2 aromatic carbocycles. The highest BCUT2D eigenvalue weighted by Crippen LogP contribution is 2.33. The van der Waals surface area contributed by atoms with E-state index in [1.807, 2.05) is 30.2 Å². The van der Waals surface area contributed by atoms with Gasteiger partial charge in [0.15, 0.2) is 0 Å². The van der Waals surface area contributed by atoms with E-state index < -0.39 is 47.0 Å². The highest BCUT2D eigenvalue weighted by molar-refractivity contribution is 5.50. The highest BCUT2D eigenvalue weighted by Gasteiger charge is 2.35. The van der Waals surface area contributed by atoms with Crippen LogP contribution in [-0.2, 0) is 25.8 Å². The minimum absolute atomic E-state index is 0.164. The molecule has 0 saturated carbocycles. The third-order valence-electron chi connectivity index (χ3n) is 8.07. The quantitative estimate of drug-likeness (QED) is 0.300. The highest BCUT2D eigenvalue weighted by atomic mass is 19.4. The molecule has 4 aromatic rings. The van der Waals surface area contributed by atoms with Crippen molar-refractivity contribution in [3.8, 4) is 0 Å². The van der Waals surface area contributed by atoms with Crippen LogP contribution in [0.5, 0.6) is 0 Å². The Balaban J connectivity index is 1.53. The van der Waals surface area contributed by atoms with Gasteiger partial charge in [0.25, 0.3) is 5.56 Å². The average Bonchev–Trinajstić information content (AvgIpc) is 3.00. The van der Waals surface area contributed by atoms with Crippen LogP contribution in [0.2, 0.25) is 0 Å². The summed E-state index contributed by atoms with van der Waals surface area (Å²) < 4.78 is 58.5. The Morgan fingerprint density at radius 3 is 2.23 bits per heavy atom. The molecule has 12 heteroatoms. The number of nitrogens with zero attached hydrogens (tertiary/aromatic N) is 5. The summed E-state index contributed by atoms with van der Waals surface area (Å²) in [7, 11) is 0. The third-order valence-corrected chi connectivity index (χ3v) is 8.07. The molecule has 5 rings (SSSR count). The zero-order chi connectivity index (χ0) is 31.6. The lowest BCUT2D eigenvalue weighted by Crippen LogP contribution is -2.51. The van der Waals surface area contributed by atoms with Gasteiger partial charge in [-0.25, -0.2) is 9.18 Å². The van der Waals surface area contributed by atoms with Crippen molar-refractivity contribution in [1.82, 2.24) is 19.0 Å². The molecule has 1 fully saturated rings. The van der Waals surface area contributed by atoms with Crippen LogP contribution in [0.3, 0.4) is 0 Å². The van der Waals surface area contributed by atoms with Crippen molar-refractivity contribution in [3.05, 3.63) is 127 Å². The van der Waals surface area contributed by atoms with Crippen LogP contribution in [0, 0.1) is 19.7 Å². The number of halogens is 4. The molecule has 2 N–H and O–H groups in total. The van der Waals surface area contributed by atoms with Gasteiger partial charge in [0.05, 0.1) is 18.7 Å². The van der Waals surface area contributed by atoms with Crippen molar-refractivity contribution in [2.24, 2.45) is 5.73 Å². The molecular formula is C32H34F4N6O2. The molecule has 1 aliphatic heterocycles. The first-order chi connectivity index (χ1) is 20.9. The summed E-state index contributed by atoms with van der Waals surface area (Å²) >= 11 is 0. The van der Waals surface area contributed by atoms with Crippen LogP contribution in [0.15, 0.2) is 76.4 Å². The van der Waals surface area contributed by atoms with Crippen molar-refractivity contribution in [3.63, 3.8) is 0 Å². The topological polar surface area (TPSA) is 89.4 Å². The maximum atomic E-state index is 14.9. The number of benzene rings is 2. The Labute approximate surface area is 252 Å². The van der Waals surface area contributed by atoms with Crippen molar-refractivity contribution < 1.29 is 17.6 Å². The fourth-order valence-electron chi connectivity index (χ4n) is 5.62. The Morgan fingerprint density at radius 2 is 1.59 bits per heavy atom. The Kier molecular flexibility index (Phi) is 9.02. The van der Waals surface area contributed by atoms with E-state index in [1.54, 1.807) is 30.3 Å². The predicted molar refractivity (Wildman–Crippen MR) is 160 cm³/mol. The van der Waals surface area contributed by atoms with Gasteiger partial charge in [-0.1, -0.05) is 42.5 Å². The number of aromatic nitrogens is 3. The molecule has 0 spiro atoms. The molecule has 0 radical (unpaired) electrons. The molecule has 8 nitrogen and oxygen atoms in total. The molecule has 44 heavy (non-hydrogen) atoms. The summed E-state index contributed by atoms with van der Waals surface area (Å²) in [5.41, 5.74) is 6.11. The number of anilines is 1. The molecule has 1 saturated heterocycles. The molecule has 0 aliphatic carbocycles. The molecule has 1 aliphatic rings. The van der Waals surface area contributed by atoms with Gasteiger partial charge in [-0.3, -0.25) is 23.8 Å². The minimum atomic E-state index is -4.84. The zero-order valence-corrected chi connectivity index (χ0v) is 24.5. The number of hydrogen-bond donors (Lipinski definition) is 1. The van der Waals surface area contributed by atoms with E-state index in [0.717, 1.165) is 38.6 Å². The van der Waals surface area contributed by atoms with E-state index in [4.69, 9.17) is 5.73 Å². The molecular weight excluding hydrogens is 576 g/mol. The zero-order valence-electron chi connectivity index (χ0n) is 24.5. The second kappa shape index (κ2) is 12.7. The molecule has 2 aromatic heterocycles. The maximum Gasteiger partial charge on any atom is 0.416 e. The molecule has 0 amide bonds. The first-order valence-electron chi connectivity index (χ1n) is 14.3. The second-order valence-electron chi connectivity index (χ2n) is 11.1. The Morgan fingerprint density at radius 1 is 0.886 bits per heavy atom. The van der Waals surface area contributed by atoms with Gasteiger partial charge in [0.2, 0.25) is 0 Å². The van der Waals surface area contributed by atoms with Crippen molar-refractivity contribution in [2.75, 3.05) is 31.1 Å². The van der Waals surface area contributed by atoms with E-state index in [2.05, 4.69) is 9.88 Å². The number of rotatable bonds is 8. The first kappa shape index (κ1) is 31.1. The number of aryl methyl sites for hydroxylation is 1. The average molecular weight is 611 g/mol. The molecule has 0 bridgehead atoms. The fourth-order valence-corrected chi connectivity index (χ4v) is 5.62. The van der Waals surface area contributed by atoms with Crippen LogP contribution < -0.4 is 21.9 Å². The number of piperazine rings is 1. The summed E-state index contributed by atoms with van der Waals surface area (Å²) in [6, 6.07) is 14.8. The van der Waals surface area contributed by atoms with Crippen molar-refractivity contribution in [1.29, 1.82) is 0 Å². The van der Waals surface area contributed by atoms with Crippen LogP contribution in [0.1, 0.15) is 39.7 Å². The molecule has 232 valence electrons. The lowest BCUT2D eigenvalue weighted by molar-refractivity contribution is -0.138. The van der Waals surface area contributed by atoms with Gasteiger partial charge in [-0.05, 0) is 43.2 Å². The van der Waals surface area contributed by atoms with E-state index in [0.29, 0.717) is 38.3 Å². The van der Waals surface area contributed by atoms with Crippen LogP contribution >= 0.6 is 0 Å².